The molecule has 0 aromatic rings. The van der Waals surface area contributed by atoms with E-state index in [9.17, 15) is 10.2 Å². The molecule has 0 unspecified atom stereocenters. The Kier molecular flexibility index (Phi) is 3.17. The zero-order chi connectivity index (χ0) is 10.9. The van der Waals surface area contributed by atoms with Crippen molar-refractivity contribution in [3.8, 4) is 0 Å². The van der Waals surface area contributed by atoms with Crippen molar-refractivity contribution in [3.63, 3.8) is 0 Å². The molecule has 1 fully saturated rings. The van der Waals surface area contributed by atoms with Gasteiger partial charge in [0.2, 0.25) is 0 Å². The van der Waals surface area contributed by atoms with Gasteiger partial charge in [-0.1, -0.05) is 33.4 Å². The third kappa shape index (κ3) is 2.96. The summed E-state index contributed by atoms with van der Waals surface area (Å²) in [7, 11) is 0. The van der Waals surface area contributed by atoms with E-state index in [4.69, 9.17) is 0 Å². The summed E-state index contributed by atoms with van der Waals surface area (Å²) in [5, 5.41) is 19.1. The number of aliphatic hydroxyl groups excluding tert-OH is 2. The van der Waals surface area contributed by atoms with E-state index < -0.39 is 12.2 Å². The SMILES string of the molecule is C=C1/C(=C\C(C)(C)C)C[C@H](O)C[C@@H]1O. The Morgan fingerprint density at radius 1 is 1.36 bits per heavy atom. The zero-order valence-corrected chi connectivity index (χ0v) is 9.25. The van der Waals surface area contributed by atoms with E-state index in [1.54, 1.807) is 0 Å². The molecule has 0 aromatic carbocycles. The molecule has 0 aromatic heterocycles. The highest BCUT2D eigenvalue weighted by Crippen LogP contribution is 2.31. The van der Waals surface area contributed by atoms with Crippen molar-refractivity contribution in [2.75, 3.05) is 0 Å². The molecule has 2 N–H and O–H groups in total. The summed E-state index contributed by atoms with van der Waals surface area (Å²) >= 11 is 0. The smallest absolute Gasteiger partial charge is 0.0811 e. The Hall–Kier alpha value is -0.600. The average Bonchev–Trinajstić information content (AvgIpc) is 1.96. The van der Waals surface area contributed by atoms with Crippen molar-refractivity contribution in [2.24, 2.45) is 5.41 Å². The van der Waals surface area contributed by atoms with E-state index in [0.29, 0.717) is 12.8 Å². The average molecular weight is 196 g/mol. The summed E-state index contributed by atoms with van der Waals surface area (Å²) in [6, 6.07) is 0. The Labute approximate surface area is 86.0 Å². The van der Waals surface area contributed by atoms with Gasteiger partial charge < -0.3 is 10.2 Å². The first-order valence-electron chi connectivity index (χ1n) is 5.06. The van der Waals surface area contributed by atoms with Crippen molar-refractivity contribution in [1.29, 1.82) is 0 Å². The second-order valence-electron chi connectivity index (χ2n) is 5.17. The predicted octanol–water partition coefficient (Wildman–Crippen LogP) is 2.03. The molecule has 1 rings (SSSR count). The van der Waals surface area contributed by atoms with Crippen LogP contribution in [0.1, 0.15) is 33.6 Å². The monoisotopic (exact) mass is 196 g/mol. The van der Waals surface area contributed by atoms with Gasteiger partial charge in [-0.3, -0.25) is 0 Å². The Bertz CT molecular complexity index is 258. The molecule has 0 aliphatic heterocycles. The van der Waals surface area contributed by atoms with Gasteiger partial charge in [0.05, 0.1) is 12.2 Å². The molecular weight excluding hydrogens is 176 g/mol. The Morgan fingerprint density at radius 3 is 2.43 bits per heavy atom. The molecule has 2 heteroatoms. The first-order chi connectivity index (χ1) is 6.29. The van der Waals surface area contributed by atoms with Gasteiger partial charge in [0.1, 0.15) is 0 Å². The summed E-state index contributed by atoms with van der Waals surface area (Å²) in [6.07, 6.45) is 2.12. The number of aliphatic hydroxyl groups is 2. The van der Waals surface area contributed by atoms with Gasteiger partial charge >= 0.3 is 0 Å². The lowest BCUT2D eigenvalue weighted by Gasteiger charge is -2.29. The Morgan fingerprint density at radius 2 is 1.93 bits per heavy atom. The van der Waals surface area contributed by atoms with E-state index in [1.807, 2.05) is 0 Å². The molecule has 1 aliphatic carbocycles. The predicted molar refractivity (Wildman–Crippen MR) is 57.9 cm³/mol. The minimum absolute atomic E-state index is 0.0645. The topological polar surface area (TPSA) is 40.5 Å². The summed E-state index contributed by atoms with van der Waals surface area (Å²) in [5.74, 6) is 0. The van der Waals surface area contributed by atoms with Gasteiger partial charge in [0, 0.05) is 6.42 Å². The molecule has 0 radical (unpaired) electrons. The van der Waals surface area contributed by atoms with E-state index in [2.05, 4.69) is 33.4 Å². The number of rotatable bonds is 0. The molecule has 1 aliphatic rings. The maximum absolute atomic E-state index is 9.61. The van der Waals surface area contributed by atoms with Crippen molar-refractivity contribution in [1.82, 2.24) is 0 Å². The number of hydrogen-bond donors (Lipinski definition) is 2. The minimum atomic E-state index is -0.577. The van der Waals surface area contributed by atoms with Crippen LogP contribution >= 0.6 is 0 Å². The molecule has 0 bridgehead atoms. The number of hydrogen-bond acceptors (Lipinski definition) is 2. The fourth-order valence-corrected chi connectivity index (χ4v) is 1.76. The molecule has 0 heterocycles. The molecule has 14 heavy (non-hydrogen) atoms. The van der Waals surface area contributed by atoms with Crippen LogP contribution in [0.25, 0.3) is 0 Å². The quantitative estimate of drug-likeness (QED) is 0.622. The van der Waals surface area contributed by atoms with Crippen molar-refractivity contribution in [3.05, 3.63) is 23.8 Å². The highest BCUT2D eigenvalue weighted by atomic mass is 16.3. The van der Waals surface area contributed by atoms with E-state index >= 15 is 0 Å². The number of allylic oxidation sites excluding steroid dienone is 1. The molecule has 80 valence electrons. The van der Waals surface area contributed by atoms with E-state index in [-0.39, 0.29) is 5.41 Å². The highest BCUT2D eigenvalue weighted by molar-refractivity contribution is 5.35. The lowest BCUT2D eigenvalue weighted by molar-refractivity contribution is 0.0858. The maximum Gasteiger partial charge on any atom is 0.0811 e. The third-order valence-corrected chi connectivity index (χ3v) is 2.37. The van der Waals surface area contributed by atoms with Gasteiger partial charge in [-0.25, -0.2) is 0 Å². The zero-order valence-electron chi connectivity index (χ0n) is 9.25. The van der Waals surface area contributed by atoms with Gasteiger partial charge in [-0.05, 0) is 23.0 Å². The van der Waals surface area contributed by atoms with Crippen LogP contribution in [0.4, 0.5) is 0 Å². The van der Waals surface area contributed by atoms with Crippen LogP contribution in [0.2, 0.25) is 0 Å². The molecule has 0 saturated heterocycles. The van der Waals surface area contributed by atoms with Crippen LogP contribution in [0.3, 0.4) is 0 Å². The van der Waals surface area contributed by atoms with Crippen molar-refractivity contribution >= 4 is 0 Å². The Balaban J connectivity index is 2.87. The fraction of sp³-hybridized carbons (Fsp3) is 0.667. The third-order valence-electron chi connectivity index (χ3n) is 2.37. The minimum Gasteiger partial charge on any atom is -0.393 e. The van der Waals surface area contributed by atoms with Crippen molar-refractivity contribution < 1.29 is 10.2 Å². The standard InChI is InChI=1S/C12H20O2/c1-8-9(7-12(2,3)4)5-10(13)6-11(8)14/h7,10-11,13-14H,1,5-6H2,2-4H3/b9-7-/t10-,11-/m0/s1. The second-order valence-corrected chi connectivity index (χ2v) is 5.17. The van der Waals surface area contributed by atoms with Crippen LogP contribution in [0.15, 0.2) is 23.8 Å². The summed E-state index contributed by atoms with van der Waals surface area (Å²) in [5.41, 5.74) is 1.84. The van der Waals surface area contributed by atoms with Crippen LogP contribution in [-0.4, -0.2) is 22.4 Å². The lowest BCUT2D eigenvalue weighted by atomic mass is 9.82. The van der Waals surface area contributed by atoms with Gasteiger partial charge in [0.15, 0.2) is 0 Å². The summed E-state index contributed by atoms with van der Waals surface area (Å²) < 4.78 is 0. The second kappa shape index (κ2) is 3.87. The van der Waals surface area contributed by atoms with Crippen LogP contribution < -0.4 is 0 Å². The maximum atomic E-state index is 9.61. The van der Waals surface area contributed by atoms with Crippen LogP contribution in [-0.2, 0) is 0 Å². The fourth-order valence-electron chi connectivity index (χ4n) is 1.76. The summed E-state index contributed by atoms with van der Waals surface area (Å²) in [4.78, 5) is 0. The van der Waals surface area contributed by atoms with Gasteiger partial charge in [-0.15, -0.1) is 0 Å². The van der Waals surface area contributed by atoms with Crippen LogP contribution in [0, 0.1) is 5.41 Å². The van der Waals surface area contributed by atoms with E-state index in [1.165, 1.54) is 0 Å². The normalized spacial score (nSPS) is 32.4. The molecule has 0 amide bonds. The molecular formula is C12H20O2. The van der Waals surface area contributed by atoms with Crippen LogP contribution in [0.5, 0.6) is 0 Å². The van der Waals surface area contributed by atoms with Gasteiger partial charge in [-0.2, -0.15) is 0 Å². The molecule has 2 nitrogen and oxygen atoms in total. The lowest BCUT2D eigenvalue weighted by Crippen LogP contribution is -2.27. The first-order valence-corrected chi connectivity index (χ1v) is 5.06. The van der Waals surface area contributed by atoms with Crippen molar-refractivity contribution in [2.45, 2.75) is 45.8 Å². The molecule has 0 spiro atoms. The summed E-state index contributed by atoms with van der Waals surface area (Å²) in [6.45, 7) is 10.2. The highest BCUT2D eigenvalue weighted by Gasteiger charge is 2.26. The first kappa shape index (κ1) is 11.5. The largest absolute Gasteiger partial charge is 0.393 e. The van der Waals surface area contributed by atoms with E-state index in [0.717, 1.165) is 11.1 Å². The van der Waals surface area contributed by atoms with Gasteiger partial charge in [0.25, 0.3) is 0 Å². The molecule has 2 atom stereocenters. The molecule has 1 saturated carbocycles.